The standard InChI is InChI=1S/C13H13NS/c1-15-13-8-3-2-7-12(13)10-5-4-6-11(14)9-10/h2-9H,14H2,1H3. The summed E-state index contributed by atoms with van der Waals surface area (Å²) in [6.45, 7) is 0. The number of nitrogens with two attached hydrogens (primary N) is 1. The van der Waals surface area contributed by atoms with E-state index in [4.69, 9.17) is 5.73 Å². The van der Waals surface area contributed by atoms with Gasteiger partial charge in [0.05, 0.1) is 0 Å². The van der Waals surface area contributed by atoms with Crippen LogP contribution in [-0.4, -0.2) is 6.26 Å². The molecule has 15 heavy (non-hydrogen) atoms. The normalized spacial score (nSPS) is 10.2. The largest absolute Gasteiger partial charge is 0.399 e. The minimum Gasteiger partial charge on any atom is -0.399 e. The summed E-state index contributed by atoms with van der Waals surface area (Å²) < 4.78 is 0. The number of hydrogen-bond acceptors (Lipinski definition) is 2. The summed E-state index contributed by atoms with van der Waals surface area (Å²) in [5.41, 5.74) is 9.02. The zero-order valence-corrected chi connectivity index (χ0v) is 9.42. The van der Waals surface area contributed by atoms with Gasteiger partial charge < -0.3 is 5.73 Å². The highest BCUT2D eigenvalue weighted by atomic mass is 32.2. The Labute approximate surface area is 94.3 Å². The molecule has 76 valence electrons. The molecule has 0 bridgehead atoms. The first-order valence-corrected chi connectivity index (χ1v) is 6.02. The van der Waals surface area contributed by atoms with Crippen LogP contribution in [0.15, 0.2) is 53.4 Å². The highest BCUT2D eigenvalue weighted by Gasteiger charge is 2.02. The minimum absolute atomic E-state index is 0.809. The van der Waals surface area contributed by atoms with Gasteiger partial charge in [0.25, 0.3) is 0 Å². The molecule has 0 saturated carbocycles. The lowest BCUT2D eigenvalue weighted by molar-refractivity contribution is 1.45. The van der Waals surface area contributed by atoms with Crippen molar-refractivity contribution < 1.29 is 0 Å². The molecule has 0 aliphatic carbocycles. The topological polar surface area (TPSA) is 26.0 Å². The number of benzene rings is 2. The molecule has 2 N–H and O–H groups in total. The van der Waals surface area contributed by atoms with Crippen molar-refractivity contribution in [3.05, 3.63) is 48.5 Å². The molecule has 2 rings (SSSR count). The molecule has 1 nitrogen and oxygen atoms in total. The SMILES string of the molecule is CSc1ccccc1-c1cccc(N)c1. The Morgan fingerprint density at radius 2 is 1.80 bits per heavy atom. The van der Waals surface area contributed by atoms with E-state index >= 15 is 0 Å². The molecule has 0 unspecified atom stereocenters. The molecule has 0 aliphatic rings. The fourth-order valence-electron chi connectivity index (χ4n) is 1.59. The Morgan fingerprint density at radius 1 is 1.00 bits per heavy atom. The van der Waals surface area contributed by atoms with Crippen molar-refractivity contribution >= 4 is 17.4 Å². The predicted molar refractivity (Wildman–Crippen MR) is 68.1 cm³/mol. The molecular formula is C13H13NS. The van der Waals surface area contributed by atoms with E-state index in [0.29, 0.717) is 0 Å². The summed E-state index contributed by atoms with van der Waals surface area (Å²) in [4.78, 5) is 1.28. The van der Waals surface area contributed by atoms with Crippen LogP contribution in [0.5, 0.6) is 0 Å². The van der Waals surface area contributed by atoms with Crippen LogP contribution in [0.25, 0.3) is 11.1 Å². The van der Waals surface area contributed by atoms with Crippen LogP contribution in [0.2, 0.25) is 0 Å². The van der Waals surface area contributed by atoms with Crippen molar-refractivity contribution in [3.63, 3.8) is 0 Å². The smallest absolute Gasteiger partial charge is 0.0320 e. The Kier molecular flexibility index (Phi) is 2.97. The third-order valence-electron chi connectivity index (χ3n) is 2.30. The van der Waals surface area contributed by atoms with Crippen LogP contribution >= 0.6 is 11.8 Å². The second-order valence-corrected chi connectivity index (χ2v) is 4.17. The van der Waals surface area contributed by atoms with Crippen LogP contribution < -0.4 is 5.73 Å². The predicted octanol–water partition coefficient (Wildman–Crippen LogP) is 3.66. The molecule has 0 spiro atoms. The van der Waals surface area contributed by atoms with E-state index in [1.165, 1.54) is 16.0 Å². The Hall–Kier alpha value is -1.41. The van der Waals surface area contributed by atoms with Gasteiger partial charge in [0.15, 0.2) is 0 Å². The lowest BCUT2D eigenvalue weighted by atomic mass is 10.1. The van der Waals surface area contributed by atoms with Gasteiger partial charge >= 0.3 is 0 Å². The van der Waals surface area contributed by atoms with E-state index in [0.717, 1.165) is 5.69 Å². The number of rotatable bonds is 2. The van der Waals surface area contributed by atoms with Crippen LogP contribution in [0.3, 0.4) is 0 Å². The van der Waals surface area contributed by atoms with Gasteiger partial charge in [0.2, 0.25) is 0 Å². The fourth-order valence-corrected chi connectivity index (χ4v) is 2.21. The molecule has 0 fully saturated rings. The van der Waals surface area contributed by atoms with Crippen LogP contribution in [0.4, 0.5) is 5.69 Å². The fraction of sp³-hybridized carbons (Fsp3) is 0.0769. The molecule has 2 aromatic carbocycles. The molecular weight excluding hydrogens is 202 g/mol. The van der Waals surface area contributed by atoms with Gasteiger partial charge in [-0.05, 0) is 35.6 Å². The summed E-state index contributed by atoms with van der Waals surface area (Å²) in [5, 5.41) is 0. The molecule has 2 aromatic rings. The van der Waals surface area contributed by atoms with E-state index in [-0.39, 0.29) is 0 Å². The van der Waals surface area contributed by atoms with Crippen molar-refractivity contribution in [2.45, 2.75) is 4.90 Å². The third-order valence-corrected chi connectivity index (χ3v) is 3.10. The quantitative estimate of drug-likeness (QED) is 0.611. The second kappa shape index (κ2) is 4.41. The van der Waals surface area contributed by atoms with Gasteiger partial charge in [-0.3, -0.25) is 0 Å². The average molecular weight is 215 g/mol. The Bertz CT molecular complexity index is 466. The summed E-state index contributed by atoms with van der Waals surface area (Å²) in [6, 6.07) is 16.4. The van der Waals surface area contributed by atoms with E-state index < -0.39 is 0 Å². The van der Waals surface area contributed by atoms with Gasteiger partial charge in [-0.1, -0.05) is 30.3 Å². The summed E-state index contributed by atoms with van der Waals surface area (Å²) in [6.07, 6.45) is 2.09. The van der Waals surface area contributed by atoms with Gasteiger partial charge in [0.1, 0.15) is 0 Å². The van der Waals surface area contributed by atoms with E-state index in [1.54, 1.807) is 11.8 Å². The van der Waals surface area contributed by atoms with Crippen LogP contribution in [0.1, 0.15) is 0 Å². The minimum atomic E-state index is 0.809. The van der Waals surface area contributed by atoms with E-state index in [1.807, 2.05) is 18.2 Å². The zero-order chi connectivity index (χ0) is 10.7. The maximum atomic E-state index is 5.78. The zero-order valence-electron chi connectivity index (χ0n) is 8.60. The maximum absolute atomic E-state index is 5.78. The summed E-state index contributed by atoms with van der Waals surface area (Å²) in [7, 11) is 0. The van der Waals surface area contributed by atoms with Gasteiger partial charge in [0, 0.05) is 10.6 Å². The number of hydrogen-bond donors (Lipinski definition) is 1. The monoisotopic (exact) mass is 215 g/mol. The molecule has 2 heteroatoms. The Balaban J connectivity index is 2.53. The molecule has 0 amide bonds. The molecule has 0 radical (unpaired) electrons. The lowest BCUT2D eigenvalue weighted by Gasteiger charge is -2.07. The van der Waals surface area contributed by atoms with Crippen molar-refractivity contribution in [1.82, 2.24) is 0 Å². The average Bonchev–Trinajstić information content (AvgIpc) is 2.29. The molecule has 0 aliphatic heterocycles. The van der Waals surface area contributed by atoms with Crippen molar-refractivity contribution in [3.8, 4) is 11.1 Å². The number of nitrogen functional groups attached to an aromatic ring is 1. The Morgan fingerprint density at radius 3 is 2.53 bits per heavy atom. The van der Waals surface area contributed by atoms with Gasteiger partial charge in [-0.25, -0.2) is 0 Å². The lowest BCUT2D eigenvalue weighted by Crippen LogP contribution is -1.86. The summed E-state index contributed by atoms with van der Waals surface area (Å²) in [5.74, 6) is 0. The molecule has 0 saturated heterocycles. The third kappa shape index (κ3) is 2.16. The second-order valence-electron chi connectivity index (χ2n) is 3.33. The first-order valence-electron chi connectivity index (χ1n) is 4.80. The highest BCUT2D eigenvalue weighted by Crippen LogP contribution is 2.30. The molecule has 0 atom stereocenters. The first kappa shape index (κ1) is 10.1. The van der Waals surface area contributed by atoms with Crippen LogP contribution in [0, 0.1) is 0 Å². The highest BCUT2D eigenvalue weighted by molar-refractivity contribution is 7.98. The van der Waals surface area contributed by atoms with Crippen LogP contribution in [-0.2, 0) is 0 Å². The van der Waals surface area contributed by atoms with Crippen molar-refractivity contribution in [2.24, 2.45) is 0 Å². The van der Waals surface area contributed by atoms with Gasteiger partial charge in [-0.2, -0.15) is 0 Å². The van der Waals surface area contributed by atoms with E-state index in [2.05, 4.69) is 36.6 Å². The molecule has 0 heterocycles. The van der Waals surface area contributed by atoms with Crippen molar-refractivity contribution in [1.29, 1.82) is 0 Å². The molecule has 0 aromatic heterocycles. The summed E-state index contributed by atoms with van der Waals surface area (Å²) >= 11 is 1.76. The van der Waals surface area contributed by atoms with E-state index in [9.17, 15) is 0 Å². The first-order chi connectivity index (χ1) is 7.31. The number of thioether (sulfide) groups is 1. The van der Waals surface area contributed by atoms with Gasteiger partial charge in [-0.15, -0.1) is 11.8 Å². The van der Waals surface area contributed by atoms with Crippen molar-refractivity contribution in [2.75, 3.05) is 12.0 Å². The number of anilines is 1. The maximum Gasteiger partial charge on any atom is 0.0320 e.